The number of aromatic nitrogens is 2. The molecule has 9 nitrogen and oxygen atoms in total. The number of non-ortho nitro benzene ring substituents is 1. The molecular weight excluding hydrogens is 418 g/mol. The first-order valence-electron chi connectivity index (χ1n) is 9.62. The smallest absolute Gasteiger partial charge is 0.269 e. The van der Waals surface area contributed by atoms with Gasteiger partial charge in [-0.1, -0.05) is 41.2 Å². The Morgan fingerprint density at radius 3 is 2.58 bits per heavy atom. The van der Waals surface area contributed by atoms with Gasteiger partial charge in [0.15, 0.2) is 0 Å². The van der Waals surface area contributed by atoms with E-state index in [9.17, 15) is 19.7 Å². The Morgan fingerprint density at radius 1 is 1.19 bits per heavy atom. The highest BCUT2D eigenvalue weighted by Gasteiger charge is 2.34. The summed E-state index contributed by atoms with van der Waals surface area (Å²) < 4.78 is 0. The molecule has 158 valence electrons. The second-order valence-electron chi connectivity index (χ2n) is 7.33. The molecule has 1 unspecified atom stereocenters. The topological polar surface area (TPSA) is 118 Å². The lowest BCUT2D eigenvalue weighted by Crippen LogP contribution is -2.24. The summed E-state index contributed by atoms with van der Waals surface area (Å²) in [4.78, 5) is 36.7. The molecule has 2 amide bonds. The van der Waals surface area contributed by atoms with Crippen LogP contribution in [0.25, 0.3) is 0 Å². The molecule has 0 bridgehead atoms. The highest BCUT2D eigenvalue weighted by molar-refractivity contribution is 7.15. The van der Waals surface area contributed by atoms with E-state index in [-0.39, 0.29) is 29.8 Å². The second kappa shape index (κ2) is 8.60. The molecule has 3 aromatic rings. The van der Waals surface area contributed by atoms with Gasteiger partial charge in [0.25, 0.3) is 5.69 Å². The minimum absolute atomic E-state index is 0.0243. The zero-order valence-corrected chi connectivity index (χ0v) is 17.5. The third-order valence-electron chi connectivity index (χ3n) is 5.02. The third kappa shape index (κ3) is 4.75. The van der Waals surface area contributed by atoms with Gasteiger partial charge in [-0.25, -0.2) is 0 Å². The van der Waals surface area contributed by atoms with Crippen LogP contribution in [-0.2, 0) is 16.0 Å². The second-order valence-corrected chi connectivity index (χ2v) is 8.34. The number of anilines is 2. The standard InChI is InChI=1S/C21H19N5O4S/c1-13-2-6-16(7-3-13)25-12-15(11-19(25)28)20-23-24-21(31-20)22-18(27)10-14-4-8-17(9-5-14)26(29)30/h2-9,15H,10-12H2,1H3,(H,22,24,27). The first-order chi connectivity index (χ1) is 14.9. The van der Waals surface area contributed by atoms with E-state index in [4.69, 9.17) is 0 Å². The number of carbonyl (C=O) groups is 2. The fourth-order valence-electron chi connectivity index (χ4n) is 3.38. The molecule has 1 aliphatic rings. The molecule has 1 aromatic heterocycles. The highest BCUT2D eigenvalue weighted by atomic mass is 32.1. The van der Waals surface area contributed by atoms with Gasteiger partial charge in [-0.15, -0.1) is 10.2 Å². The number of nitro groups is 1. The molecule has 0 saturated carbocycles. The largest absolute Gasteiger partial charge is 0.312 e. The summed E-state index contributed by atoms with van der Waals surface area (Å²) in [6, 6.07) is 13.6. The minimum atomic E-state index is -0.486. The van der Waals surface area contributed by atoms with Crippen LogP contribution in [-0.4, -0.2) is 33.5 Å². The van der Waals surface area contributed by atoms with Crippen LogP contribution in [0.15, 0.2) is 48.5 Å². The number of carbonyl (C=O) groups excluding carboxylic acids is 2. The summed E-state index contributed by atoms with van der Waals surface area (Å²) in [6.07, 6.45) is 0.412. The summed E-state index contributed by atoms with van der Waals surface area (Å²) in [5.74, 6) is -0.334. The van der Waals surface area contributed by atoms with Gasteiger partial charge in [-0.2, -0.15) is 0 Å². The van der Waals surface area contributed by atoms with Crippen molar-refractivity contribution in [3.05, 3.63) is 74.8 Å². The fourth-order valence-corrected chi connectivity index (χ4v) is 4.23. The SMILES string of the molecule is Cc1ccc(N2CC(c3nnc(NC(=O)Cc4ccc([N+](=O)[O-])cc4)s3)CC2=O)cc1. The lowest BCUT2D eigenvalue weighted by molar-refractivity contribution is -0.384. The number of nitro benzene ring substituents is 1. The van der Waals surface area contributed by atoms with Crippen molar-refractivity contribution in [2.45, 2.75) is 25.7 Å². The van der Waals surface area contributed by atoms with Gasteiger partial charge in [0.05, 0.1) is 11.3 Å². The number of amides is 2. The molecule has 0 aliphatic carbocycles. The third-order valence-corrected chi connectivity index (χ3v) is 6.02. The van der Waals surface area contributed by atoms with Crippen LogP contribution in [0.4, 0.5) is 16.5 Å². The lowest BCUT2D eigenvalue weighted by Gasteiger charge is -2.16. The number of nitrogens with one attached hydrogen (secondary N) is 1. The van der Waals surface area contributed by atoms with E-state index < -0.39 is 4.92 Å². The maximum Gasteiger partial charge on any atom is 0.269 e. The van der Waals surface area contributed by atoms with Crippen molar-refractivity contribution in [1.82, 2.24) is 10.2 Å². The van der Waals surface area contributed by atoms with E-state index in [1.165, 1.54) is 23.5 Å². The van der Waals surface area contributed by atoms with Crippen molar-refractivity contribution in [3.63, 3.8) is 0 Å². The fraction of sp³-hybridized carbons (Fsp3) is 0.238. The van der Waals surface area contributed by atoms with E-state index in [0.717, 1.165) is 11.3 Å². The average molecular weight is 437 g/mol. The van der Waals surface area contributed by atoms with Crippen molar-refractivity contribution in [2.75, 3.05) is 16.8 Å². The van der Waals surface area contributed by atoms with Gasteiger partial charge in [-0.3, -0.25) is 19.7 Å². The Kier molecular flexibility index (Phi) is 5.72. The molecule has 1 saturated heterocycles. The normalized spacial score (nSPS) is 15.8. The van der Waals surface area contributed by atoms with Crippen LogP contribution in [0.1, 0.15) is 28.5 Å². The summed E-state index contributed by atoms with van der Waals surface area (Å²) in [7, 11) is 0. The molecule has 0 spiro atoms. The Bertz CT molecular complexity index is 1130. The number of benzene rings is 2. The molecule has 1 aliphatic heterocycles. The zero-order chi connectivity index (χ0) is 22.0. The number of hydrogen-bond acceptors (Lipinski definition) is 7. The first kappa shape index (κ1) is 20.6. The summed E-state index contributed by atoms with van der Waals surface area (Å²) in [5, 5.41) is 22.7. The van der Waals surface area contributed by atoms with Crippen molar-refractivity contribution in [1.29, 1.82) is 0 Å². The van der Waals surface area contributed by atoms with Crippen molar-refractivity contribution >= 4 is 39.7 Å². The number of rotatable bonds is 6. The van der Waals surface area contributed by atoms with Crippen LogP contribution in [0, 0.1) is 17.0 Å². The lowest BCUT2D eigenvalue weighted by atomic mass is 10.1. The molecule has 31 heavy (non-hydrogen) atoms. The van der Waals surface area contributed by atoms with Crippen LogP contribution in [0.3, 0.4) is 0 Å². The van der Waals surface area contributed by atoms with Crippen LogP contribution in [0.2, 0.25) is 0 Å². The van der Waals surface area contributed by atoms with Gasteiger partial charge >= 0.3 is 0 Å². The molecule has 2 heterocycles. The van der Waals surface area contributed by atoms with Gasteiger partial charge in [-0.05, 0) is 24.6 Å². The summed E-state index contributed by atoms with van der Waals surface area (Å²) >= 11 is 1.25. The Balaban J connectivity index is 1.37. The van der Waals surface area contributed by atoms with E-state index in [1.54, 1.807) is 17.0 Å². The van der Waals surface area contributed by atoms with Gasteiger partial charge < -0.3 is 10.2 Å². The predicted molar refractivity (Wildman–Crippen MR) is 116 cm³/mol. The predicted octanol–water partition coefficient (Wildman–Crippen LogP) is 3.46. The van der Waals surface area contributed by atoms with Gasteiger partial charge in [0.1, 0.15) is 5.01 Å². The Hall–Kier alpha value is -3.66. The molecule has 1 fully saturated rings. The number of nitrogens with zero attached hydrogens (tertiary/aromatic N) is 4. The zero-order valence-electron chi connectivity index (χ0n) is 16.6. The Morgan fingerprint density at radius 2 is 1.90 bits per heavy atom. The van der Waals surface area contributed by atoms with Gasteiger partial charge in [0, 0.05) is 36.7 Å². The minimum Gasteiger partial charge on any atom is -0.312 e. The average Bonchev–Trinajstić information content (AvgIpc) is 3.35. The van der Waals surface area contributed by atoms with Crippen molar-refractivity contribution in [2.24, 2.45) is 0 Å². The van der Waals surface area contributed by atoms with Crippen LogP contribution < -0.4 is 10.2 Å². The molecular formula is C21H19N5O4S. The van der Waals surface area contributed by atoms with E-state index in [2.05, 4.69) is 15.5 Å². The summed E-state index contributed by atoms with van der Waals surface area (Å²) in [6.45, 7) is 2.52. The van der Waals surface area contributed by atoms with E-state index in [1.807, 2.05) is 31.2 Å². The highest BCUT2D eigenvalue weighted by Crippen LogP contribution is 2.34. The van der Waals surface area contributed by atoms with Crippen molar-refractivity contribution in [3.8, 4) is 0 Å². The van der Waals surface area contributed by atoms with E-state index in [0.29, 0.717) is 28.7 Å². The molecule has 2 aromatic carbocycles. The van der Waals surface area contributed by atoms with Crippen LogP contribution in [0.5, 0.6) is 0 Å². The Labute approximate surface area is 181 Å². The van der Waals surface area contributed by atoms with Crippen molar-refractivity contribution < 1.29 is 14.5 Å². The van der Waals surface area contributed by atoms with Gasteiger partial charge in [0.2, 0.25) is 16.9 Å². The maximum atomic E-state index is 12.5. The quantitative estimate of drug-likeness (QED) is 0.466. The summed E-state index contributed by atoms with van der Waals surface area (Å²) in [5.41, 5.74) is 2.62. The molecule has 1 N–H and O–H groups in total. The number of aryl methyl sites for hydroxylation is 1. The molecule has 10 heteroatoms. The molecule has 1 atom stereocenters. The van der Waals surface area contributed by atoms with E-state index >= 15 is 0 Å². The maximum absolute atomic E-state index is 12.5. The molecule has 0 radical (unpaired) electrons. The monoisotopic (exact) mass is 437 g/mol. The molecule has 4 rings (SSSR count). The van der Waals surface area contributed by atoms with Crippen LogP contribution >= 0.6 is 11.3 Å². The first-order valence-corrected chi connectivity index (χ1v) is 10.4. The number of hydrogen-bond donors (Lipinski definition) is 1.